The second kappa shape index (κ2) is 6.50. The lowest BCUT2D eigenvalue weighted by Crippen LogP contribution is -2.33. The third-order valence-electron chi connectivity index (χ3n) is 3.12. The van der Waals surface area contributed by atoms with Crippen LogP contribution < -0.4 is 9.47 Å². The van der Waals surface area contributed by atoms with E-state index in [2.05, 4.69) is 11.0 Å². The first kappa shape index (κ1) is 12.2. The summed E-state index contributed by atoms with van der Waals surface area (Å²) in [5.41, 5.74) is 0. The third-order valence-corrected chi connectivity index (χ3v) is 3.12. The second-order valence-electron chi connectivity index (χ2n) is 4.33. The Morgan fingerprint density at radius 3 is 2.82 bits per heavy atom. The molecule has 3 nitrogen and oxygen atoms in total. The molecule has 2 rings (SSSR count). The lowest BCUT2D eigenvalue weighted by Gasteiger charge is -2.26. The first-order valence-corrected chi connectivity index (χ1v) is 6.29. The maximum absolute atomic E-state index is 5.73. The van der Waals surface area contributed by atoms with Crippen molar-refractivity contribution < 1.29 is 9.47 Å². The predicted molar refractivity (Wildman–Crippen MR) is 67.6 cm³/mol. The van der Waals surface area contributed by atoms with Gasteiger partial charge in [-0.15, -0.1) is 0 Å². The largest absolute Gasteiger partial charge is 0.493 e. The van der Waals surface area contributed by atoms with Crippen molar-refractivity contribution in [1.29, 1.82) is 0 Å². The van der Waals surface area contributed by atoms with Gasteiger partial charge in [-0.1, -0.05) is 12.5 Å². The van der Waals surface area contributed by atoms with Crippen LogP contribution in [0, 0.1) is 6.07 Å². The van der Waals surface area contributed by atoms with Crippen LogP contribution in [-0.2, 0) is 0 Å². The fraction of sp³-hybridized carbons (Fsp3) is 0.571. The molecule has 0 saturated carbocycles. The zero-order valence-electron chi connectivity index (χ0n) is 10.4. The summed E-state index contributed by atoms with van der Waals surface area (Å²) in [5.74, 6) is 1.56. The average molecular weight is 234 g/mol. The van der Waals surface area contributed by atoms with Crippen LogP contribution in [0.1, 0.15) is 19.3 Å². The molecule has 0 N–H and O–H groups in total. The third kappa shape index (κ3) is 3.63. The van der Waals surface area contributed by atoms with Crippen LogP contribution >= 0.6 is 0 Å². The minimum atomic E-state index is 0.716. The summed E-state index contributed by atoms with van der Waals surface area (Å²) >= 11 is 0. The van der Waals surface area contributed by atoms with Crippen LogP contribution in [0.15, 0.2) is 18.2 Å². The quantitative estimate of drug-likeness (QED) is 0.780. The molecule has 3 heteroatoms. The standard InChI is InChI=1S/C14H20NO2/c1-16-13-7-3-4-8-14(13)17-12-11-15-9-5-2-6-10-15/h3,7-8H,2,5-6,9-12H2,1H3. The maximum atomic E-state index is 5.73. The molecule has 17 heavy (non-hydrogen) atoms. The van der Waals surface area contributed by atoms with E-state index in [-0.39, 0.29) is 0 Å². The van der Waals surface area contributed by atoms with Crippen molar-refractivity contribution in [3.05, 3.63) is 24.3 Å². The van der Waals surface area contributed by atoms with Crippen molar-refractivity contribution in [1.82, 2.24) is 4.90 Å². The van der Waals surface area contributed by atoms with E-state index < -0.39 is 0 Å². The van der Waals surface area contributed by atoms with E-state index in [1.165, 1.54) is 32.4 Å². The van der Waals surface area contributed by atoms with Crippen molar-refractivity contribution in [3.8, 4) is 11.5 Å². The Morgan fingerprint density at radius 2 is 2.06 bits per heavy atom. The van der Waals surface area contributed by atoms with E-state index in [9.17, 15) is 0 Å². The van der Waals surface area contributed by atoms with Gasteiger partial charge in [-0.25, -0.2) is 0 Å². The van der Waals surface area contributed by atoms with Crippen molar-refractivity contribution >= 4 is 0 Å². The summed E-state index contributed by atoms with van der Waals surface area (Å²) in [4.78, 5) is 2.46. The highest BCUT2D eigenvalue weighted by molar-refractivity contribution is 5.38. The second-order valence-corrected chi connectivity index (χ2v) is 4.33. The van der Waals surface area contributed by atoms with E-state index in [0.717, 1.165) is 18.0 Å². The number of nitrogens with zero attached hydrogens (tertiary/aromatic N) is 1. The lowest BCUT2D eigenvalue weighted by atomic mass is 10.1. The van der Waals surface area contributed by atoms with Gasteiger partial charge in [-0.2, -0.15) is 0 Å². The van der Waals surface area contributed by atoms with Gasteiger partial charge in [0.1, 0.15) is 6.61 Å². The topological polar surface area (TPSA) is 21.7 Å². The molecule has 1 aromatic carbocycles. The van der Waals surface area contributed by atoms with Gasteiger partial charge in [-0.05, 0) is 44.1 Å². The van der Waals surface area contributed by atoms with Crippen molar-refractivity contribution in [3.63, 3.8) is 0 Å². The number of piperidine rings is 1. The highest BCUT2D eigenvalue weighted by Gasteiger charge is 2.10. The maximum Gasteiger partial charge on any atom is 0.161 e. The van der Waals surface area contributed by atoms with Gasteiger partial charge < -0.3 is 9.47 Å². The van der Waals surface area contributed by atoms with Crippen LogP contribution in [0.2, 0.25) is 0 Å². The summed E-state index contributed by atoms with van der Waals surface area (Å²) < 4.78 is 11.0. The first-order valence-electron chi connectivity index (χ1n) is 6.29. The summed E-state index contributed by atoms with van der Waals surface area (Å²) in [7, 11) is 1.66. The average Bonchev–Trinajstić information content (AvgIpc) is 2.40. The van der Waals surface area contributed by atoms with Gasteiger partial charge in [0.2, 0.25) is 0 Å². The molecule has 0 aromatic heterocycles. The minimum Gasteiger partial charge on any atom is -0.493 e. The van der Waals surface area contributed by atoms with Crippen LogP contribution in [0.25, 0.3) is 0 Å². The zero-order chi connectivity index (χ0) is 11.9. The van der Waals surface area contributed by atoms with Crippen molar-refractivity contribution in [2.24, 2.45) is 0 Å². The van der Waals surface area contributed by atoms with Crippen LogP contribution in [0.4, 0.5) is 0 Å². The highest BCUT2D eigenvalue weighted by Crippen LogP contribution is 2.25. The number of hydrogen-bond donors (Lipinski definition) is 0. The normalized spacial score (nSPS) is 16.8. The molecule has 0 bridgehead atoms. The summed E-state index contributed by atoms with van der Waals surface area (Å²) in [6.07, 6.45) is 4.02. The molecule has 0 spiro atoms. The smallest absolute Gasteiger partial charge is 0.161 e. The Kier molecular flexibility index (Phi) is 4.68. The number of rotatable bonds is 5. The fourth-order valence-electron chi connectivity index (χ4n) is 2.15. The van der Waals surface area contributed by atoms with E-state index in [1.54, 1.807) is 7.11 Å². The summed E-state index contributed by atoms with van der Waals surface area (Å²) in [6, 6.07) is 8.53. The molecule has 0 aliphatic carbocycles. The molecule has 1 heterocycles. The lowest BCUT2D eigenvalue weighted by molar-refractivity contribution is 0.180. The zero-order valence-corrected chi connectivity index (χ0v) is 10.4. The molecule has 1 aromatic rings. The molecule has 1 aliphatic rings. The molecule has 1 radical (unpaired) electrons. The van der Waals surface area contributed by atoms with Crippen molar-refractivity contribution in [2.75, 3.05) is 33.4 Å². The molecule has 0 amide bonds. The first-order chi connectivity index (χ1) is 8.40. The van der Waals surface area contributed by atoms with Gasteiger partial charge in [0.25, 0.3) is 0 Å². The van der Waals surface area contributed by atoms with Gasteiger partial charge in [-0.3, -0.25) is 4.90 Å². The van der Waals surface area contributed by atoms with Gasteiger partial charge in [0, 0.05) is 6.54 Å². The van der Waals surface area contributed by atoms with Gasteiger partial charge in [0.05, 0.1) is 7.11 Å². The predicted octanol–water partition coefficient (Wildman–Crippen LogP) is 2.36. The Morgan fingerprint density at radius 1 is 1.24 bits per heavy atom. The number of likely N-dealkylation sites (tertiary alicyclic amines) is 1. The number of hydrogen-bond acceptors (Lipinski definition) is 3. The number of benzene rings is 1. The van der Waals surface area contributed by atoms with Gasteiger partial charge in [0.15, 0.2) is 11.5 Å². The van der Waals surface area contributed by atoms with E-state index in [1.807, 2.05) is 18.2 Å². The van der Waals surface area contributed by atoms with Crippen LogP contribution in [0.5, 0.6) is 11.5 Å². The van der Waals surface area contributed by atoms with Crippen molar-refractivity contribution in [2.45, 2.75) is 19.3 Å². The fourth-order valence-corrected chi connectivity index (χ4v) is 2.15. The number of methoxy groups -OCH3 is 1. The van der Waals surface area contributed by atoms with E-state index in [0.29, 0.717) is 6.61 Å². The Hall–Kier alpha value is -1.22. The van der Waals surface area contributed by atoms with E-state index >= 15 is 0 Å². The molecule has 1 aliphatic heterocycles. The minimum absolute atomic E-state index is 0.716. The summed E-state index contributed by atoms with van der Waals surface area (Å²) in [5, 5.41) is 0. The Labute approximate surface area is 103 Å². The van der Waals surface area contributed by atoms with Crippen LogP contribution in [-0.4, -0.2) is 38.3 Å². The molecule has 0 atom stereocenters. The molecule has 93 valence electrons. The number of ether oxygens (including phenoxy) is 2. The monoisotopic (exact) mass is 234 g/mol. The Bertz CT molecular complexity index is 335. The van der Waals surface area contributed by atoms with E-state index in [4.69, 9.17) is 9.47 Å². The summed E-state index contributed by atoms with van der Waals surface area (Å²) in [6.45, 7) is 4.13. The molecule has 1 saturated heterocycles. The molecular formula is C14H20NO2. The van der Waals surface area contributed by atoms with Crippen LogP contribution in [0.3, 0.4) is 0 Å². The SMILES string of the molecule is COc1cc[c]cc1OCCN1CCCCC1. The van der Waals surface area contributed by atoms with Gasteiger partial charge >= 0.3 is 0 Å². The molecule has 1 fully saturated rings. The Balaban J connectivity index is 1.77. The highest BCUT2D eigenvalue weighted by atomic mass is 16.5. The molecular weight excluding hydrogens is 214 g/mol. The molecule has 0 unspecified atom stereocenters.